The number of Topliss-reactive ketones (excluding diaryl/α,β-unsaturated/α-hetero) is 1. The number of anilines is 1. The molecular formula is C26H25N3O6S. The summed E-state index contributed by atoms with van der Waals surface area (Å²) in [6.07, 6.45) is 0.717. The highest BCUT2D eigenvalue weighted by atomic mass is 32.1. The molecule has 2 aromatic carbocycles. The summed E-state index contributed by atoms with van der Waals surface area (Å²) < 4.78 is 16.9. The Labute approximate surface area is 211 Å². The molecule has 0 bridgehead atoms. The van der Waals surface area contributed by atoms with Crippen LogP contribution in [0.4, 0.5) is 5.13 Å². The van der Waals surface area contributed by atoms with Gasteiger partial charge in [0.05, 0.1) is 25.3 Å². The lowest BCUT2D eigenvalue weighted by Gasteiger charge is -2.23. The first-order chi connectivity index (χ1) is 17.3. The van der Waals surface area contributed by atoms with E-state index in [1.54, 1.807) is 43.3 Å². The second-order valence-electron chi connectivity index (χ2n) is 8.57. The Balaban J connectivity index is 1.69. The molecule has 0 radical (unpaired) electrons. The highest BCUT2D eigenvalue weighted by Crippen LogP contribution is 2.45. The first kappa shape index (κ1) is 23.8. The summed E-state index contributed by atoms with van der Waals surface area (Å²) in [6, 6.07) is 9.48. The highest BCUT2D eigenvalue weighted by molar-refractivity contribution is 7.15. The maximum atomic E-state index is 13.4. The third kappa shape index (κ3) is 3.97. The van der Waals surface area contributed by atoms with Crippen LogP contribution in [0.5, 0.6) is 17.2 Å². The number of aliphatic hydroxyl groups excluding tert-OH is 1. The molecule has 1 aromatic heterocycles. The largest absolute Gasteiger partial charge is 0.507 e. The molecule has 1 N–H and O–H groups in total. The molecule has 2 aliphatic heterocycles. The van der Waals surface area contributed by atoms with Gasteiger partial charge in [-0.05, 0) is 62.2 Å². The zero-order chi connectivity index (χ0) is 25.6. The van der Waals surface area contributed by atoms with Crippen LogP contribution in [0.2, 0.25) is 0 Å². The molecule has 3 aromatic rings. The van der Waals surface area contributed by atoms with Crippen molar-refractivity contribution in [2.45, 2.75) is 39.3 Å². The van der Waals surface area contributed by atoms with E-state index in [0.717, 1.165) is 11.3 Å². The van der Waals surface area contributed by atoms with Crippen molar-refractivity contribution in [1.82, 2.24) is 10.2 Å². The van der Waals surface area contributed by atoms with Crippen molar-refractivity contribution in [3.8, 4) is 17.2 Å². The lowest BCUT2D eigenvalue weighted by Crippen LogP contribution is -2.29. The molecule has 10 heteroatoms. The van der Waals surface area contributed by atoms with Gasteiger partial charge < -0.3 is 19.3 Å². The smallest absolute Gasteiger partial charge is 0.301 e. The minimum Gasteiger partial charge on any atom is -0.507 e. The van der Waals surface area contributed by atoms with Crippen molar-refractivity contribution in [2.75, 3.05) is 18.6 Å². The Kier molecular flexibility index (Phi) is 6.13. The van der Waals surface area contributed by atoms with E-state index in [4.69, 9.17) is 14.2 Å². The van der Waals surface area contributed by atoms with Gasteiger partial charge in [0.25, 0.3) is 5.78 Å². The Bertz CT molecular complexity index is 1400. The number of methoxy groups -OCH3 is 1. The first-order valence-corrected chi connectivity index (χ1v) is 12.4. The van der Waals surface area contributed by atoms with Gasteiger partial charge in [0, 0.05) is 12.0 Å². The number of carbonyl (C=O) groups is 2. The van der Waals surface area contributed by atoms with Crippen LogP contribution in [0.15, 0.2) is 42.0 Å². The number of aliphatic hydroxyl groups is 1. The highest BCUT2D eigenvalue weighted by Gasteiger charge is 2.48. The SMILES string of the molecule is CCOc1ccc(C2/C(=C(\O)c3ccc4c(c3)CC(C)O4)C(=O)C(=O)N2c2nnc(C)s2)cc1OC. The number of carbonyl (C=O) groups excluding carboxylic acids is 2. The van der Waals surface area contributed by atoms with Crippen LogP contribution < -0.4 is 19.1 Å². The van der Waals surface area contributed by atoms with Crippen LogP contribution in [-0.4, -0.2) is 46.8 Å². The Morgan fingerprint density at radius 3 is 2.69 bits per heavy atom. The third-order valence-electron chi connectivity index (χ3n) is 6.14. The fourth-order valence-corrected chi connectivity index (χ4v) is 5.30. The molecule has 0 aliphatic carbocycles. The molecule has 36 heavy (non-hydrogen) atoms. The normalized spacial score (nSPS) is 20.4. The number of amides is 1. The van der Waals surface area contributed by atoms with Gasteiger partial charge in [0.15, 0.2) is 11.5 Å². The number of rotatable bonds is 6. The van der Waals surface area contributed by atoms with Crippen molar-refractivity contribution >= 4 is 33.9 Å². The monoisotopic (exact) mass is 507 g/mol. The van der Waals surface area contributed by atoms with E-state index in [1.807, 2.05) is 13.8 Å². The summed E-state index contributed by atoms with van der Waals surface area (Å²) in [7, 11) is 1.51. The van der Waals surface area contributed by atoms with Crippen molar-refractivity contribution in [1.29, 1.82) is 0 Å². The van der Waals surface area contributed by atoms with E-state index in [9.17, 15) is 14.7 Å². The quantitative estimate of drug-likeness (QED) is 0.300. The van der Waals surface area contributed by atoms with Crippen molar-refractivity contribution < 1.29 is 28.9 Å². The van der Waals surface area contributed by atoms with Gasteiger partial charge in [-0.25, -0.2) is 0 Å². The van der Waals surface area contributed by atoms with E-state index in [1.165, 1.54) is 23.3 Å². The molecule has 1 amide bonds. The number of benzene rings is 2. The number of aromatic nitrogens is 2. The average Bonchev–Trinajstić information content (AvgIpc) is 3.53. The van der Waals surface area contributed by atoms with E-state index < -0.39 is 17.7 Å². The van der Waals surface area contributed by atoms with Crippen LogP contribution in [-0.2, 0) is 16.0 Å². The molecule has 1 saturated heterocycles. The number of fused-ring (bicyclic) bond motifs is 1. The van der Waals surface area contributed by atoms with E-state index in [2.05, 4.69) is 10.2 Å². The minimum absolute atomic E-state index is 0.0277. The van der Waals surface area contributed by atoms with Crippen molar-refractivity contribution in [3.63, 3.8) is 0 Å². The molecule has 9 nitrogen and oxygen atoms in total. The maximum Gasteiger partial charge on any atom is 0.301 e. The van der Waals surface area contributed by atoms with E-state index in [0.29, 0.717) is 40.7 Å². The maximum absolute atomic E-state index is 13.4. The number of nitrogens with zero attached hydrogens (tertiary/aromatic N) is 3. The number of ether oxygens (including phenoxy) is 3. The van der Waals surface area contributed by atoms with Gasteiger partial charge in [0.2, 0.25) is 5.13 Å². The zero-order valence-electron chi connectivity index (χ0n) is 20.3. The first-order valence-electron chi connectivity index (χ1n) is 11.5. The number of ketones is 1. The van der Waals surface area contributed by atoms with Gasteiger partial charge in [0.1, 0.15) is 22.6 Å². The van der Waals surface area contributed by atoms with Crippen LogP contribution >= 0.6 is 11.3 Å². The summed E-state index contributed by atoms with van der Waals surface area (Å²) in [4.78, 5) is 27.9. The second-order valence-corrected chi connectivity index (χ2v) is 9.73. The molecule has 2 unspecified atom stereocenters. The van der Waals surface area contributed by atoms with Crippen LogP contribution in [0.3, 0.4) is 0 Å². The summed E-state index contributed by atoms with van der Waals surface area (Å²) in [5, 5.41) is 20.5. The predicted molar refractivity (Wildman–Crippen MR) is 134 cm³/mol. The molecular weight excluding hydrogens is 482 g/mol. The minimum atomic E-state index is -0.939. The Hall–Kier alpha value is -3.92. The fraction of sp³-hybridized carbons (Fsp3) is 0.308. The molecule has 3 heterocycles. The fourth-order valence-electron chi connectivity index (χ4n) is 4.58. The summed E-state index contributed by atoms with van der Waals surface area (Å²) in [5.41, 5.74) is 1.88. The summed E-state index contributed by atoms with van der Waals surface area (Å²) >= 11 is 1.19. The molecule has 0 saturated carbocycles. The van der Waals surface area contributed by atoms with Crippen molar-refractivity contribution in [2.24, 2.45) is 0 Å². The van der Waals surface area contributed by atoms with E-state index >= 15 is 0 Å². The standard InChI is InChI=1S/C26H25N3O6S/c1-5-34-19-9-6-15(12-20(19)33-4)22-21(24(31)25(32)29(22)26-28-27-14(3)36-26)23(30)16-7-8-18-17(11-16)10-13(2)35-18/h6-9,11-13,22,30H,5,10H2,1-4H3/b23-21+. The second kappa shape index (κ2) is 9.27. The molecule has 2 aliphatic rings. The van der Waals surface area contributed by atoms with Gasteiger partial charge in [-0.3, -0.25) is 14.5 Å². The predicted octanol–water partition coefficient (Wildman–Crippen LogP) is 4.20. The number of hydrogen-bond acceptors (Lipinski definition) is 9. The van der Waals surface area contributed by atoms with Crippen LogP contribution in [0, 0.1) is 6.92 Å². The molecule has 186 valence electrons. The average molecular weight is 508 g/mol. The topological polar surface area (TPSA) is 111 Å². The van der Waals surface area contributed by atoms with Crippen molar-refractivity contribution in [3.05, 3.63) is 63.7 Å². The van der Waals surface area contributed by atoms with Crippen LogP contribution in [0.1, 0.15) is 41.6 Å². The zero-order valence-corrected chi connectivity index (χ0v) is 21.1. The van der Waals surface area contributed by atoms with Gasteiger partial charge >= 0.3 is 5.91 Å². The Morgan fingerprint density at radius 2 is 2.00 bits per heavy atom. The lowest BCUT2D eigenvalue weighted by molar-refractivity contribution is -0.132. The van der Waals surface area contributed by atoms with E-state index in [-0.39, 0.29) is 22.6 Å². The van der Waals surface area contributed by atoms with Gasteiger partial charge in [-0.1, -0.05) is 17.4 Å². The molecule has 2 atom stereocenters. The number of hydrogen-bond donors (Lipinski definition) is 1. The third-order valence-corrected chi connectivity index (χ3v) is 6.98. The molecule has 1 fully saturated rings. The van der Waals surface area contributed by atoms with Gasteiger partial charge in [-0.2, -0.15) is 0 Å². The lowest BCUT2D eigenvalue weighted by atomic mass is 9.94. The summed E-state index contributed by atoms with van der Waals surface area (Å²) in [5.74, 6) is -0.141. The van der Waals surface area contributed by atoms with Gasteiger partial charge in [-0.15, -0.1) is 10.2 Å². The summed E-state index contributed by atoms with van der Waals surface area (Å²) in [6.45, 7) is 6.04. The molecule has 0 spiro atoms. The Morgan fingerprint density at radius 1 is 1.19 bits per heavy atom. The number of aryl methyl sites for hydroxylation is 1. The van der Waals surface area contributed by atoms with Crippen LogP contribution in [0.25, 0.3) is 5.76 Å². The molecule has 5 rings (SSSR count).